The molecule has 0 saturated heterocycles. The lowest BCUT2D eigenvalue weighted by Crippen LogP contribution is -2.19. The molecule has 122 valence electrons. The van der Waals surface area contributed by atoms with Crippen molar-refractivity contribution >= 4 is 15.6 Å². The number of phosphoric acid groups is 2. The summed E-state index contributed by atoms with van der Waals surface area (Å²) < 4.78 is 33.9. The Balaban J connectivity index is 3.98. The van der Waals surface area contributed by atoms with Crippen molar-refractivity contribution in [3.05, 3.63) is 0 Å². The maximum atomic E-state index is 10.6. The predicted molar refractivity (Wildman–Crippen MR) is 69.4 cm³/mol. The molecule has 0 amide bonds. The van der Waals surface area contributed by atoms with Gasteiger partial charge in [-0.25, -0.2) is 18.2 Å². The molecular formula is C9H22O9P2. The van der Waals surface area contributed by atoms with E-state index in [4.69, 9.17) is 24.3 Å². The second-order valence-corrected chi connectivity index (χ2v) is 6.50. The average molecular weight is 336 g/mol. The summed E-state index contributed by atoms with van der Waals surface area (Å²) in [6.45, 7) is -0.00383. The molecule has 0 aromatic carbocycles. The molecule has 0 radical (unpaired) electrons. The SMILES string of the molecule is CCCCCCCCOC(OP(=O)(O)O)OP(=O)(O)O. The van der Waals surface area contributed by atoms with Crippen LogP contribution < -0.4 is 0 Å². The molecule has 0 aromatic heterocycles. The fourth-order valence-corrected chi connectivity index (χ4v) is 2.09. The maximum absolute atomic E-state index is 10.6. The van der Waals surface area contributed by atoms with Crippen LogP contribution in [0.4, 0.5) is 0 Å². The molecule has 0 aliphatic heterocycles. The van der Waals surface area contributed by atoms with Crippen LogP contribution in [-0.2, 0) is 22.9 Å². The average Bonchev–Trinajstić information content (AvgIpc) is 2.23. The van der Waals surface area contributed by atoms with Gasteiger partial charge in [0.25, 0.3) is 6.48 Å². The van der Waals surface area contributed by atoms with Gasteiger partial charge in [0, 0.05) is 0 Å². The van der Waals surface area contributed by atoms with E-state index in [1.54, 1.807) is 0 Å². The van der Waals surface area contributed by atoms with Crippen LogP contribution in [0.15, 0.2) is 0 Å². The van der Waals surface area contributed by atoms with Gasteiger partial charge >= 0.3 is 15.6 Å². The Morgan fingerprint density at radius 3 is 1.75 bits per heavy atom. The minimum atomic E-state index is -4.97. The van der Waals surface area contributed by atoms with Gasteiger partial charge in [-0.15, -0.1) is 0 Å². The number of ether oxygens (including phenoxy) is 1. The Morgan fingerprint density at radius 1 is 0.850 bits per heavy atom. The first-order valence-corrected chi connectivity index (χ1v) is 9.29. The maximum Gasteiger partial charge on any atom is 0.473 e. The number of hydrogen-bond donors (Lipinski definition) is 4. The molecule has 0 saturated carbocycles. The van der Waals surface area contributed by atoms with Crippen molar-refractivity contribution in [3.8, 4) is 0 Å². The van der Waals surface area contributed by atoms with Crippen LogP contribution in [0.5, 0.6) is 0 Å². The molecule has 0 aliphatic rings. The summed E-state index contributed by atoms with van der Waals surface area (Å²) in [6.07, 6.45) is 5.71. The van der Waals surface area contributed by atoms with Crippen LogP contribution in [0.25, 0.3) is 0 Å². The summed E-state index contributed by atoms with van der Waals surface area (Å²) in [7, 11) is -9.94. The van der Waals surface area contributed by atoms with Crippen molar-refractivity contribution in [2.24, 2.45) is 0 Å². The van der Waals surface area contributed by atoms with Crippen LogP contribution in [0.1, 0.15) is 45.4 Å². The Labute approximate surface area is 117 Å². The van der Waals surface area contributed by atoms with Gasteiger partial charge in [-0.3, -0.25) is 0 Å². The van der Waals surface area contributed by atoms with E-state index in [0.717, 1.165) is 32.1 Å². The molecule has 0 fully saturated rings. The zero-order valence-corrected chi connectivity index (χ0v) is 13.0. The van der Waals surface area contributed by atoms with Crippen molar-refractivity contribution < 1.29 is 42.5 Å². The van der Waals surface area contributed by atoms with E-state index in [2.05, 4.69) is 16.0 Å². The summed E-state index contributed by atoms with van der Waals surface area (Å²) in [6, 6.07) is 0. The van der Waals surface area contributed by atoms with Gasteiger partial charge in [-0.05, 0) is 6.42 Å². The van der Waals surface area contributed by atoms with Crippen molar-refractivity contribution in [2.75, 3.05) is 6.61 Å². The molecule has 20 heavy (non-hydrogen) atoms. The third-order valence-corrected chi connectivity index (χ3v) is 3.09. The number of rotatable bonds is 12. The van der Waals surface area contributed by atoms with Crippen LogP contribution >= 0.6 is 15.6 Å². The lowest BCUT2D eigenvalue weighted by atomic mass is 10.1. The molecule has 4 N–H and O–H groups in total. The molecule has 9 nitrogen and oxygen atoms in total. The Bertz CT molecular complexity index is 312. The smallest absolute Gasteiger partial charge is 0.329 e. The summed E-state index contributed by atoms with van der Waals surface area (Å²) >= 11 is 0. The highest BCUT2D eigenvalue weighted by molar-refractivity contribution is 7.47. The summed E-state index contributed by atoms with van der Waals surface area (Å²) in [5.41, 5.74) is 0. The van der Waals surface area contributed by atoms with Gasteiger partial charge in [0.05, 0.1) is 6.61 Å². The predicted octanol–water partition coefficient (Wildman–Crippen LogP) is 1.87. The zero-order valence-electron chi connectivity index (χ0n) is 11.3. The molecule has 0 atom stereocenters. The summed E-state index contributed by atoms with van der Waals surface area (Å²) in [5, 5.41) is 0. The first-order chi connectivity index (χ1) is 9.14. The van der Waals surface area contributed by atoms with Crippen molar-refractivity contribution in [1.82, 2.24) is 0 Å². The van der Waals surface area contributed by atoms with Crippen LogP contribution in [0.3, 0.4) is 0 Å². The Morgan fingerprint density at radius 2 is 1.30 bits per heavy atom. The van der Waals surface area contributed by atoms with E-state index in [1.165, 1.54) is 0 Å². The molecule has 0 aliphatic carbocycles. The van der Waals surface area contributed by atoms with Crippen LogP contribution in [-0.4, -0.2) is 32.7 Å². The van der Waals surface area contributed by atoms with E-state index in [-0.39, 0.29) is 6.61 Å². The largest absolute Gasteiger partial charge is 0.473 e. The highest BCUT2D eigenvalue weighted by Crippen LogP contribution is 2.44. The van der Waals surface area contributed by atoms with Gasteiger partial charge in [0.1, 0.15) is 0 Å². The first kappa shape index (κ1) is 20.2. The van der Waals surface area contributed by atoms with E-state index in [0.29, 0.717) is 6.42 Å². The lowest BCUT2D eigenvalue weighted by Gasteiger charge is -2.18. The molecule has 11 heteroatoms. The third-order valence-electron chi connectivity index (χ3n) is 2.20. The quantitative estimate of drug-likeness (QED) is 0.238. The topological polar surface area (TPSA) is 143 Å². The van der Waals surface area contributed by atoms with Gasteiger partial charge in [0.15, 0.2) is 0 Å². The van der Waals surface area contributed by atoms with Crippen LogP contribution in [0.2, 0.25) is 0 Å². The van der Waals surface area contributed by atoms with E-state index in [9.17, 15) is 9.13 Å². The van der Waals surface area contributed by atoms with Crippen molar-refractivity contribution in [2.45, 2.75) is 51.9 Å². The number of hydrogen-bond acceptors (Lipinski definition) is 5. The minimum absolute atomic E-state index is 0.0107. The highest BCUT2D eigenvalue weighted by atomic mass is 31.2. The second kappa shape index (κ2) is 10.00. The molecule has 0 spiro atoms. The number of phosphoric ester groups is 2. The van der Waals surface area contributed by atoms with E-state index >= 15 is 0 Å². The lowest BCUT2D eigenvalue weighted by molar-refractivity contribution is -0.213. The highest BCUT2D eigenvalue weighted by Gasteiger charge is 2.30. The molecule has 0 rings (SSSR count). The molecule has 0 bridgehead atoms. The molecule has 0 unspecified atom stereocenters. The molecule has 0 aromatic rings. The Hall–Kier alpha value is 0.180. The third kappa shape index (κ3) is 14.6. The van der Waals surface area contributed by atoms with Crippen molar-refractivity contribution in [1.29, 1.82) is 0 Å². The van der Waals surface area contributed by atoms with Crippen molar-refractivity contribution in [3.63, 3.8) is 0 Å². The standard InChI is InChI=1S/C9H22O9P2/c1-2-3-4-5-6-7-8-16-9(17-19(10,11)12)18-20(13,14)15/h9H,2-8H2,1H3,(H2,10,11,12)(H2,13,14,15). The first-order valence-electron chi connectivity index (χ1n) is 6.23. The fourth-order valence-electron chi connectivity index (χ4n) is 1.37. The molecular weight excluding hydrogens is 314 g/mol. The summed E-state index contributed by atoms with van der Waals surface area (Å²) in [5.74, 6) is 0. The van der Waals surface area contributed by atoms with Gasteiger partial charge < -0.3 is 24.3 Å². The van der Waals surface area contributed by atoms with Gasteiger partial charge in [-0.1, -0.05) is 39.0 Å². The van der Waals surface area contributed by atoms with Gasteiger partial charge in [0.2, 0.25) is 0 Å². The van der Waals surface area contributed by atoms with E-state index in [1.807, 2.05) is 0 Å². The fraction of sp³-hybridized carbons (Fsp3) is 1.00. The minimum Gasteiger partial charge on any atom is -0.329 e. The second-order valence-electron chi connectivity index (χ2n) is 4.12. The van der Waals surface area contributed by atoms with Gasteiger partial charge in [-0.2, -0.15) is 0 Å². The van der Waals surface area contributed by atoms with Crippen LogP contribution in [0, 0.1) is 0 Å². The Kier molecular flexibility index (Phi) is 10.1. The molecule has 0 heterocycles. The zero-order chi connectivity index (χ0) is 15.6. The monoisotopic (exact) mass is 336 g/mol. The number of unbranched alkanes of at least 4 members (excludes halogenated alkanes) is 5. The summed E-state index contributed by atoms with van der Waals surface area (Å²) in [4.78, 5) is 34.2. The van der Waals surface area contributed by atoms with E-state index < -0.39 is 22.1 Å². The normalized spacial score (nSPS) is 13.1.